The number of aliphatic imine (C=N–C) groups is 1. The molecule has 75 heavy (non-hydrogen) atoms. The second kappa shape index (κ2) is 26.0. The lowest BCUT2D eigenvalue weighted by atomic mass is 10.0. The Morgan fingerprint density at radius 2 is 1.47 bits per heavy atom. The number of carbonyl (C=O) groups excluding carboxylic acids is 9. The second-order valence-electron chi connectivity index (χ2n) is 18.8. The predicted molar refractivity (Wildman–Crippen MR) is 272 cm³/mol. The minimum atomic E-state index is -1.67. The Bertz CT molecular complexity index is 2720. The van der Waals surface area contributed by atoms with E-state index < -0.39 is 120 Å². The molecule has 2 aromatic heterocycles. The zero-order valence-corrected chi connectivity index (χ0v) is 41.6. The van der Waals surface area contributed by atoms with Crippen LogP contribution in [0.15, 0.2) is 72.2 Å². The number of aromatic amines is 2. The zero-order valence-electron chi connectivity index (χ0n) is 41.6. The molecule has 26 nitrogen and oxygen atoms in total. The molecule has 0 aliphatic carbocycles. The van der Waals surface area contributed by atoms with Gasteiger partial charge in [-0.2, -0.15) is 0 Å². The number of aliphatic hydroxyl groups is 1. The van der Waals surface area contributed by atoms with Crippen molar-refractivity contribution < 1.29 is 48.3 Å². The smallest absolute Gasteiger partial charge is 0.247 e. The van der Waals surface area contributed by atoms with Crippen LogP contribution in [0.4, 0.5) is 5.69 Å². The van der Waals surface area contributed by atoms with Crippen molar-refractivity contribution >= 4 is 75.7 Å². The van der Waals surface area contributed by atoms with E-state index in [4.69, 9.17) is 22.9 Å². The van der Waals surface area contributed by atoms with Gasteiger partial charge in [0.25, 0.3) is 0 Å². The van der Waals surface area contributed by atoms with Gasteiger partial charge in [-0.15, -0.1) is 0 Å². The normalized spacial score (nSPS) is 24.7. The molecule has 0 saturated carbocycles. The highest BCUT2D eigenvalue weighted by Gasteiger charge is 2.41. The SMILES string of the molecule is CC(C)[C@@H]1NC(=O)[C@H](CO)NC(=O)[C@H](Cc2c[nH]c3ccccc23)NC(=O)[C@@H]2CCCN2C(=O)[C@H](Cc2cnc[nH]2)NC(=O)[C@@H](c2ccc(N=C(N)N)cc2)NC(=O)[C@@H](N)CCCCNC(=O)C[C@@H](C(N)=O)NC1=O. The maximum Gasteiger partial charge on any atom is 0.247 e. The van der Waals surface area contributed by atoms with Crippen molar-refractivity contribution in [2.24, 2.45) is 33.8 Å². The van der Waals surface area contributed by atoms with Crippen molar-refractivity contribution in [1.29, 1.82) is 0 Å². The fraction of sp³-hybridized carbons (Fsp3) is 0.449. The van der Waals surface area contributed by atoms with E-state index in [0.717, 1.165) is 10.9 Å². The molecule has 0 radical (unpaired) electrons. The minimum Gasteiger partial charge on any atom is -0.394 e. The van der Waals surface area contributed by atoms with Gasteiger partial charge in [0.2, 0.25) is 53.2 Å². The lowest BCUT2D eigenvalue weighted by Crippen LogP contribution is -2.61. The molecule has 2 saturated heterocycles. The number of nitrogens with one attached hydrogen (secondary N) is 9. The highest BCUT2D eigenvalue weighted by atomic mass is 16.3. The quantitative estimate of drug-likeness (QED) is 0.0588. The number of amides is 9. The number of primary amides is 1. The first-order valence-corrected chi connectivity index (χ1v) is 24.6. The number of H-pyrrole nitrogens is 2. The number of hydrogen-bond donors (Lipinski definition) is 14. The largest absolute Gasteiger partial charge is 0.394 e. The summed E-state index contributed by atoms with van der Waals surface area (Å²) in [7, 11) is 0. The number of benzene rings is 2. The zero-order chi connectivity index (χ0) is 54.3. The minimum absolute atomic E-state index is 0.0755. The molecule has 0 bridgehead atoms. The summed E-state index contributed by atoms with van der Waals surface area (Å²) in [4.78, 5) is 140. The number of carbonyl (C=O) groups is 9. The fourth-order valence-corrected chi connectivity index (χ4v) is 8.86. The summed E-state index contributed by atoms with van der Waals surface area (Å²) in [6.07, 6.45) is 4.92. The average Bonchev–Trinajstić information content (AvgIpc) is 4.18. The predicted octanol–water partition coefficient (Wildman–Crippen LogP) is -3.00. The molecule has 2 aliphatic rings. The van der Waals surface area contributed by atoms with E-state index in [2.05, 4.69) is 57.2 Å². The number of nitrogens with two attached hydrogens (primary N) is 4. The topological polar surface area (TPSA) is 422 Å². The highest BCUT2D eigenvalue weighted by molar-refractivity contribution is 5.99. The van der Waals surface area contributed by atoms with Gasteiger partial charge in [0, 0.05) is 54.9 Å². The van der Waals surface area contributed by atoms with E-state index in [1.807, 2.05) is 18.2 Å². The summed E-state index contributed by atoms with van der Waals surface area (Å²) in [6, 6.07) is 2.19. The van der Waals surface area contributed by atoms with Gasteiger partial charge in [-0.1, -0.05) is 44.2 Å². The van der Waals surface area contributed by atoms with Gasteiger partial charge in [0.1, 0.15) is 42.3 Å². The third-order valence-electron chi connectivity index (χ3n) is 12.9. The van der Waals surface area contributed by atoms with Crippen molar-refractivity contribution in [3.63, 3.8) is 0 Å². The number of nitrogens with zero attached hydrogens (tertiary/aromatic N) is 3. The number of fused-ring (bicyclic) bond motifs is 2. The number of rotatable bonds is 9. The average molecular weight is 1040 g/mol. The van der Waals surface area contributed by atoms with Crippen LogP contribution in [0.2, 0.25) is 0 Å². The maximum absolute atomic E-state index is 14.8. The molecule has 4 heterocycles. The molecular weight excluding hydrogens is 973 g/mol. The fourth-order valence-electron chi connectivity index (χ4n) is 8.86. The van der Waals surface area contributed by atoms with Crippen molar-refractivity contribution in [2.75, 3.05) is 19.7 Å². The summed E-state index contributed by atoms with van der Waals surface area (Å²) in [6.45, 7) is 2.39. The molecule has 4 aromatic rings. The van der Waals surface area contributed by atoms with Crippen LogP contribution >= 0.6 is 0 Å². The van der Waals surface area contributed by atoms with Crippen LogP contribution in [0.5, 0.6) is 0 Å². The molecule has 2 aliphatic heterocycles. The molecule has 2 aromatic carbocycles. The Morgan fingerprint density at radius 3 is 2.15 bits per heavy atom. The molecule has 0 unspecified atom stereocenters. The second-order valence-corrected chi connectivity index (χ2v) is 18.8. The molecule has 6 rings (SSSR count). The van der Waals surface area contributed by atoms with Crippen molar-refractivity contribution in [2.45, 2.75) is 114 Å². The van der Waals surface area contributed by atoms with Crippen LogP contribution in [0.3, 0.4) is 0 Å². The summed E-state index contributed by atoms with van der Waals surface area (Å²) < 4.78 is 0. The van der Waals surface area contributed by atoms with E-state index in [9.17, 15) is 48.3 Å². The molecule has 9 amide bonds. The monoisotopic (exact) mass is 1040 g/mol. The molecule has 0 spiro atoms. The first-order chi connectivity index (χ1) is 35.8. The van der Waals surface area contributed by atoms with Gasteiger partial charge in [-0.3, -0.25) is 43.2 Å². The molecule has 2 fully saturated rings. The highest BCUT2D eigenvalue weighted by Crippen LogP contribution is 2.24. The van der Waals surface area contributed by atoms with Crippen molar-refractivity contribution in [3.05, 3.63) is 84.1 Å². The third-order valence-corrected chi connectivity index (χ3v) is 12.9. The van der Waals surface area contributed by atoms with Crippen LogP contribution in [-0.4, -0.2) is 146 Å². The first-order valence-electron chi connectivity index (χ1n) is 24.6. The van der Waals surface area contributed by atoms with Gasteiger partial charge in [-0.25, -0.2) is 9.98 Å². The van der Waals surface area contributed by atoms with Crippen LogP contribution in [0, 0.1) is 5.92 Å². The number of aliphatic hydroxyl groups excluding tert-OH is 1. The number of imidazole rings is 1. The van der Waals surface area contributed by atoms with Crippen molar-refractivity contribution in [1.82, 2.24) is 57.1 Å². The van der Waals surface area contributed by atoms with Crippen LogP contribution < -0.4 is 60.2 Å². The van der Waals surface area contributed by atoms with Gasteiger partial charge >= 0.3 is 0 Å². The summed E-state index contributed by atoms with van der Waals surface area (Å²) in [5, 5.41) is 29.5. The molecule has 18 N–H and O–H groups in total. The Labute approximate surface area is 431 Å². The van der Waals surface area contributed by atoms with Gasteiger partial charge < -0.3 is 80.1 Å². The Balaban J connectivity index is 1.35. The standard InChI is InChI=1S/C49H66N16O10/c1-25(2)39-46(73)59-33(41(51)68)20-38(67)55-16-6-5-9-31(50)42(69)64-40(26-12-14-28(15-13-26)58-49(52)53)47(74)61-35(19-29-22-54-24-57-29)48(75)65-17-7-11-37(65)45(72)60-34(43(70)62-36(23-66)44(71)63-39)18-27-21-56-32-10-4-3-8-30(27)32/h3-4,8,10,12-15,21-22,24-25,31,33-37,39-40,56,66H,5-7,9,11,16-20,23,50H2,1-2H3,(H2,51,68)(H,54,57)(H,55,67)(H,59,73)(H,60,72)(H,61,74)(H,62,70)(H,63,71)(H,64,69)(H4,52,53,58)/t31-,33-,34-,35-,36-,37-,39-,40+/m0/s1. The van der Waals surface area contributed by atoms with Gasteiger partial charge in [0.05, 0.1) is 31.1 Å². The maximum atomic E-state index is 14.8. The molecule has 26 heteroatoms. The van der Waals surface area contributed by atoms with Crippen molar-refractivity contribution in [3.8, 4) is 0 Å². The van der Waals surface area contributed by atoms with E-state index in [0.29, 0.717) is 36.2 Å². The molecule has 402 valence electrons. The van der Waals surface area contributed by atoms with Gasteiger partial charge in [-0.05, 0) is 67.3 Å². The first kappa shape index (κ1) is 55.9. The van der Waals surface area contributed by atoms with Crippen LogP contribution in [0.1, 0.15) is 75.2 Å². The lowest BCUT2D eigenvalue weighted by molar-refractivity contribution is -0.142. The Morgan fingerprint density at radius 1 is 0.760 bits per heavy atom. The number of guanidine groups is 1. The lowest BCUT2D eigenvalue weighted by Gasteiger charge is -2.31. The third kappa shape index (κ3) is 15.1. The number of hydrogen-bond acceptors (Lipinski definition) is 13. The van der Waals surface area contributed by atoms with E-state index in [-0.39, 0.29) is 50.3 Å². The summed E-state index contributed by atoms with van der Waals surface area (Å²) in [5.41, 5.74) is 25.4. The Kier molecular flexibility index (Phi) is 19.4. The van der Waals surface area contributed by atoms with Gasteiger partial charge in [0.15, 0.2) is 5.96 Å². The number of para-hydroxylation sites is 1. The van der Waals surface area contributed by atoms with E-state index in [1.165, 1.54) is 41.7 Å². The van der Waals surface area contributed by atoms with E-state index in [1.54, 1.807) is 26.1 Å². The molecular formula is C49H66N16O10. The van der Waals surface area contributed by atoms with E-state index >= 15 is 0 Å². The number of aromatic nitrogens is 3. The summed E-state index contributed by atoms with van der Waals surface area (Å²) in [5.74, 6) is -8.29. The van der Waals surface area contributed by atoms with Crippen LogP contribution in [-0.2, 0) is 56.0 Å². The van der Waals surface area contributed by atoms with Crippen LogP contribution in [0.25, 0.3) is 10.9 Å². The summed E-state index contributed by atoms with van der Waals surface area (Å²) >= 11 is 0. The molecule has 8 atom stereocenters. The Hall–Kier alpha value is -8.39.